The minimum Gasteiger partial charge on any atom is -0.239 e. The quantitative estimate of drug-likeness (QED) is 0.625. The van der Waals surface area contributed by atoms with Crippen molar-refractivity contribution in [1.82, 2.24) is 15.0 Å². The number of rotatable bonds is 3. The molecule has 7 heteroatoms. The van der Waals surface area contributed by atoms with Crippen molar-refractivity contribution in [2.75, 3.05) is 0 Å². The highest BCUT2D eigenvalue weighted by atomic mass is 35.5. The molecule has 0 aliphatic heterocycles. The summed E-state index contributed by atoms with van der Waals surface area (Å²) in [6.07, 6.45) is 1.61. The summed E-state index contributed by atoms with van der Waals surface area (Å²) < 4.78 is 0. The van der Waals surface area contributed by atoms with E-state index in [0.29, 0.717) is 15.7 Å². The molecular formula is C16H10Cl2N4S. The van der Waals surface area contributed by atoms with Crippen LogP contribution >= 0.6 is 34.5 Å². The molecule has 0 N–H and O–H groups in total. The summed E-state index contributed by atoms with van der Waals surface area (Å²) in [4.78, 5) is 12.7. The molecule has 4 nitrogen and oxygen atoms in total. The summed E-state index contributed by atoms with van der Waals surface area (Å²) in [6.45, 7) is 1.85. The third-order valence-corrected chi connectivity index (χ3v) is 4.64. The van der Waals surface area contributed by atoms with Gasteiger partial charge in [-0.15, -0.1) is 11.3 Å². The number of benzene rings is 1. The third-order valence-electron chi connectivity index (χ3n) is 3.29. The Morgan fingerprint density at radius 3 is 2.61 bits per heavy atom. The first-order valence-electron chi connectivity index (χ1n) is 6.68. The van der Waals surface area contributed by atoms with E-state index < -0.39 is 5.92 Å². The van der Waals surface area contributed by atoms with Gasteiger partial charge in [0, 0.05) is 22.2 Å². The van der Waals surface area contributed by atoms with E-state index in [4.69, 9.17) is 23.2 Å². The minimum absolute atomic E-state index is 0.125. The second-order valence-electron chi connectivity index (χ2n) is 4.85. The van der Waals surface area contributed by atoms with Crippen molar-refractivity contribution in [3.05, 3.63) is 62.4 Å². The summed E-state index contributed by atoms with van der Waals surface area (Å²) >= 11 is 13.2. The predicted molar refractivity (Wildman–Crippen MR) is 91.8 cm³/mol. The van der Waals surface area contributed by atoms with Crippen molar-refractivity contribution >= 4 is 34.5 Å². The van der Waals surface area contributed by atoms with Gasteiger partial charge in [0.1, 0.15) is 10.9 Å². The predicted octanol–water partition coefficient (Wildman–Crippen LogP) is 4.87. The van der Waals surface area contributed by atoms with Gasteiger partial charge in [0.25, 0.3) is 0 Å². The van der Waals surface area contributed by atoms with Crippen LogP contribution in [0.4, 0.5) is 0 Å². The lowest BCUT2D eigenvalue weighted by molar-refractivity contribution is 0.911. The van der Waals surface area contributed by atoms with E-state index in [1.807, 2.05) is 36.6 Å². The lowest BCUT2D eigenvalue weighted by Crippen LogP contribution is -2.05. The number of thiazole rings is 1. The van der Waals surface area contributed by atoms with E-state index in [0.717, 1.165) is 16.8 Å². The topological polar surface area (TPSA) is 62.5 Å². The minimum atomic E-state index is -0.568. The maximum atomic E-state index is 9.56. The standard InChI is InChI=1S/C16H10Cl2N4S/c1-9-7-20-16(18)22-14(9)12(6-19)15-21-13(8-23-15)10-2-4-11(17)5-3-10/h2-5,7-8,12H,1H3. The number of nitrogens with zero attached hydrogens (tertiary/aromatic N) is 4. The average Bonchev–Trinajstić information content (AvgIpc) is 3.02. The van der Waals surface area contributed by atoms with Crippen LogP contribution in [0.1, 0.15) is 22.2 Å². The molecule has 3 rings (SSSR count). The van der Waals surface area contributed by atoms with E-state index in [1.165, 1.54) is 11.3 Å². The monoisotopic (exact) mass is 360 g/mol. The van der Waals surface area contributed by atoms with Gasteiger partial charge in [0.05, 0.1) is 17.5 Å². The maximum absolute atomic E-state index is 9.56. The molecule has 3 aromatic rings. The lowest BCUT2D eigenvalue weighted by atomic mass is 10.0. The largest absolute Gasteiger partial charge is 0.239 e. The van der Waals surface area contributed by atoms with Gasteiger partial charge in [0.15, 0.2) is 0 Å². The molecule has 1 unspecified atom stereocenters. The van der Waals surface area contributed by atoms with Gasteiger partial charge in [-0.05, 0) is 36.2 Å². The Hall–Kier alpha value is -2.00. The van der Waals surface area contributed by atoms with Crippen molar-refractivity contribution < 1.29 is 0 Å². The number of aromatic nitrogens is 3. The number of hydrogen-bond acceptors (Lipinski definition) is 5. The summed E-state index contributed by atoms with van der Waals surface area (Å²) in [7, 11) is 0. The fraction of sp³-hybridized carbons (Fsp3) is 0.125. The Balaban J connectivity index is 1.99. The molecule has 2 heterocycles. The molecule has 114 valence electrons. The van der Waals surface area contributed by atoms with E-state index in [1.54, 1.807) is 6.20 Å². The maximum Gasteiger partial charge on any atom is 0.222 e. The highest BCUT2D eigenvalue weighted by Gasteiger charge is 2.22. The molecule has 0 bridgehead atoms. The zero-order chi connectivity index (χ0) is 16.4. The summed E-state index contributed by atoms with van der Waals surface area (Å²) in [6, 6.07) is 9.67. The Morgan fingerprint density at radius 2 is 1.91 bits per heavy atom. The summed E-state index contributed by atoms with van der Waals surface area (Å²) in [5.74, 6) is -0.568. The fourth-order valence-electron chi connectivity index (χ4n) is 2.13. The normalized spacial score (nSPS) is 11.9. The molecule has 0 saturated heterocycles. The van der Waals surface area contributed by atoms with E-state index >= 15 is 0 Å². The lowest BCUT2D eigenvalue weighted by Gasteiger charge is -2.08. The van der Waals surface area contributed by atoms with Crippen molar-refractivity contribution in [3.63, 3.8) is 0 Å². The van der Waals surface area contributed by atoms with Crippen molar-refractivity contribution in [1.29, 1.82) is 5.26 Å². The third kappa shape index (κ3) is 3.35. The second kappa shape index (κ2) is 6.63. The van der Waals surface area contributed by atoms with Crippen LogP contribution in [0.15, 0.2) is 35.8 Å². The molecule has 23 heavy (non-hydrogen) atoms. The van der Waals surface area contributed by atoms with Crippen LogP contribution in [0.3, 0.4) is 0 Å². The van der Waals surface area contributed by atoms with Crippen LogP contribution < -0.4 is 0 Å². The number of nitriles is 1. The molecule has 1 aromatic carbocycles. The molecule has 0 aliphatic rings. The van der Waals surface area contributed by atoms with Gasteiger partial charge in [-0.2, -0.15) is 5.26 Å². The Kier molecular flexibility index (Phi) is 4.58. The zero-order valence-corrected chi connectivity index (χ0v) is 14.3. The van der Waals surface area contributed by atoms with E-state index in [-0.39, 0.29) is 5.28 Å². The van der Waals surface area contributed by atoms with Gasteiger partial charge in [0.2, 0.25) is 5.28 Å². The summed E-state index contributed by atoms with van der Waals surface area (Å²) in [5.41, 5.74) is 3.15. The van der Waals surface area contributed by atoms with E-state index in [9.17, 15) is 5.26 Å². The Bertz CT molecular complexity index is 884. The Labute approximate surface area is 147 Å². The molecule has 2 aromatic heterocycles. The molecule has 0 spiro atoms. The first kappa shape index (κ1) is 15.9. The highest BCUT2D eigenvalue weighted by Crippen LogP contribution is 2.31. The van der Waals surface area contributed by atoms with Crippen LogP contribution in [0.5, 0.6) is 0 Å². The van der Waals surface area contributed by atoms with Gasteiger partial charge in [-0.1, -0.05) is 23.7 Å². The zero-order valence-electron chi connectivity index (χ0n) is 12.0. The van der Waals surface area contributed by atoms with Gasteiger partial charge in [-0.3, -0.25) is 0 Å². The van der Waals surface area contributed by atoms with Crippen LogP contribution in [0.2, 0.25) is 10.3 Å². The number of hydrogen-bond donors (Lipinski definition) is 0. The van der Waals surface area contributed by atoms with Crippen LogP contribution in [-0.2, 0) is 0 Å². The van der Waals surface area contributed by atoms with Gasteiger partial charge >= 0.3 is 0 Å². The van der Waals surface area contributed by atoms with Crippen LogP contribution in [0.25, 0.3) is 11.3 Å². The molecule has 1 atom stereocenters. The van der Waals surface area contributed by atoms with Gasteiger partial charge in [-0.25, -0.2) is 15.0 Å². The fourth-order valence-corrected chi connectivity index (χ4v) is 3.27. The van der Waals surface area contributed by atoms with Crippen LogP contribution in [-0.4, -0.2) is 15.0 Å². The first-order chi connectivity index (χ1) is 11.1. The van der Waals surface area contributed by atoms with E-state index in [2.05, 4.69) is 21.0 Å². The first-order valence-corrected chi connectivity index (χ1v) is 8.32. The average molecular weight is 361 g/mol. The molecule has 0 fully saturated rings. The van der Waals surface area contributed by atoms with Crippen molar-refractivity contribution in [2.45, 2.75) is 12.8 Å². The molecule has 0 amide bonds. The van der Waals surface area contributed by atoms with Crippen molar-refractivity contribution in [2.24, 2.45) is 0 Å². The van der Waals surface area contributed by atoms with Gasteiger partial charge < -0.3 is 0 Å². The smallest absolute Gasteiger partial charge is 0.222 e. The van der Waals surface area contributed by atoms with Crippen molar-refractivity contribution in [3.8, 4) is 17.3 Å². The Morgan fingerprint density at radius 1 is 1.17 bits per heavy atom. The SMILES string of the molecule is Cc1cnc(Cl)nc1C(C#N)c1nc(-c2ccc(Cl)cc2)cs1. The highest BCUT2D eigenvalue weighted by molar-refractivity contribution is 7.10. The second-order valence-corrected chi connectivity index (χ2v) is 6.51. The number of aryl methyl sites for hydroxylation is 1. The van der Waals surface area contributed by atoms with Crippen LogP contribution in [0, 0.1) is 18.3 Å². The molecule has 0 saturated carbocycles. The number of halogens is 2. The molecule has 0 aliphatic carbocycles. The molecule has 0 radical (unpaired) electrons. The summed E-state index contributed by atoms with van der Waals surface area (Å²) in [5, 5.41) is 13.0. The molecular weight excluding hydrogens is 351 g/mol.